The van der Waals surface area contributed by atoms with Gasteiger partial charge in [-0.1, -0.05) is 6.07 Å². The molecule has 0 amide bonds. The topological polar surface area (TPSA) is 85.1 Å². The third-order valence-electron chi connectivity index (χ3n) is 2.63. The Morgan fingerprint density at radius 3 is 2.75 bits per heavy atom. The molecule has 0 saturated carbocycles. The number of sulfonamides is 1. The Labute approximate surface area is 120 Å². The first-order valence-electron chi connectivity index (χ1n) is 5.82. The van der Waals surface area contributed by atoms with E-state index in [0.717, 1.165) is 16.0 Å². The van der Waals surface area contributed by atoms with Crippen LogP contribution in [0.25, 0.3) is 0 Å². The third-order valence-corrected chi connectivity index (χ3v) is 4.97. The zero-order valence-corrected chi connectivity index (χ0v) is 12.4. The number of nitrogens with two attached hydrogens (primary N) is 1. The molecule has 0 bridgehead atoms. The Bertz CT molecular complexity index is 713. The molecule has 2 rings (SSSR count). The smallest absolute Gasteiger partial charge is 0.243 e. The lowest BCUT2D eigenvalue weighted by Crippen LogP contribution is -2.24. The van der Waals surface area contributed by atoms with E-state index < -0.39 is 15.8 Å². The quantitative estimate of drug-likeness (QED) is 0.876. The van der Waals surface area contributed by atoms with Gasteiger partial charge in [0.2, 0.25) is 10.0 Å². The number of hydrogen-bond acceptors (Lipinski definition) is 5. The van der Waals surface area contributed by atoms with E-state index in [9.17, 15) is 12.8 Å². The predicted octanol–water partition coefficient (Wildman–Crippen LogP) is 1.53. The Balaban J connectivity index is 2.18. The summed E-state index contributed by atoms with van der Waals surface area (Å²) >= 11 is 1.39. The van der Waals surface area contributed by atoms with Crippen molar-refractivity contribution in [1.29, 1.82) is 0 Å². The first-order valence-corrected chi connectivity index (χ1v) is 8.12. The van der Waals surface area contributed by atoms with E-state index in [0.29, 0.717) is 5.56 Å². The highest BCUT2D eigenvalue weighted by Crippen LogP contribution is 2.17. The van der Waals surface area contributed by atoms with Crippen molar-refractivity contribution in [1.82, 2.24) is 9.71 Å². The molecule has 0 aliphatic carbocycles. The van der Waals surface area contributed by atoms with Gasteiger partial charge in [-0.3, -0.25) is 0 Å². The second kappa shape index (κ2) is 5.96. The molecule has 0 radical (unpaired) electrons. The number of nitrogens with one attached hydrogen (secondary N) is 1. The van der Waals surface area contributed by atoms with Crippen LogP contribution in [0.1, 0.15) is 15.4 Å². The molecule has 1 aromatic heterocycles. The van der Waals surface area contributed by atoms with Gasteiger partial charge in [0, 0.05) is 24.2 Å². The van der Waals surface area contributed by atoms with Gasteiger partial charge in [-0.2, -0.15) is 0 Å². The molecule has 108 valence electrons. The van der Waals surface area contributed by atoms with Gasteiger partial charge in [-0.25, -0.2) is 22.5 Å². The minimum Gasteiger partial charge on any atom is -0.326 e. The second-order valence-corrected chi connectivity index (χ2v) is 7.19. The van der Waals surface area contributed by atoms with Crippen LogP contribution in [0.4, 0.5) is 4.39 Å². The largest absolute Gasteiger partial charge is 0.326 e. The van der Waals surface area contributed by atoms with E-state index in [1.54, 1.807) is 6.20 Å². The van der Waals surface area contributed by atoms with Gasteiger partial charge >= 0.3 is 0 Å². The van der Waals surface area contributed by atoms with Gasteiger partial charge in [0.05, 0.1) is 5.01 Å². The van der Waals surface area contributed by atoms with Gasteiger partial charge in [-0.15, -0.1) is 11.3 Å². The summed E-state index contributed by atoms with van der Waals surface area (Å²) in [6.45, 7) is 2.07. The summed E-state index contributed by atoms with van der Waals surface area (Å²) < 4.78 is 40.2. The molecule has 1 heterocycles. The van der Waals surface area contributed by atoms with Crippen LogP contribution in [0.2, 0.25) is 0 Å². The molecule has 0 aliphatic heterocycles. The minimum absolute atomic E-state index is 0.0892. The Morgan fingerprint density at radius 1 is 1.45 bits per heavy atom. The van der Waals surface area contributed by atoms with Crippen LogP contribution in [-0.4, -0.2) is 13.4 Å². The van der Waals surface area contributed by atoms with Crippen molar-refractivity contribution in [3.8, 4) is 0 Å². The summed E-state index contributed by atoms with van der Waals surface area (Å²) in [7, 11) is -3.89. The standard InChI is InChI=1S/C12H14FN3O2S2/c1-8-15-6-10(19-8)7-16-20(17,18)12-3-2-9(5-14)4-11(12)13/h2-4,6,16H,5,7,14H2,1H3. The van der Waals surface area contributed by atoms with E-state index in [-0.39, 0.29) is 18.0 Å². The fourth-order valence-corrected chi connectivity index (χ4v) is 3.51. The first kappa shape index (κ1) is 15.0. The van der Waals surface area contributed by atoms with Crippen LogP contribution in [0, 0.1) is 12.7 Å². The van der Waals surface area contributed by atoms with Crippen LogP contribution in [-0.2, 0) is 23.1 Å². The first-order chi connectivity index (χ1) is 9.42. The molecule has 8 heteroatoms. The van der Waals surface area contributed by atoms with Crippen LogP contribution in [0.3, 0.4) is 0 Å². The molecule has 3 N–H and O–H groups in total. The highest BCUT2D eigenvalue weighted by atomic mass is 32.2. The number of rotatable bonds is 5. The third kappa shape index (κ3) is 3.40. The number of aryl methyl sites for hydroxylation is 1. The molecule has 20 heavy (non-hydrogen) atoms. The molecule has 0 fully saturated rings. The molecule has 1 aromatic carbocycles. The van der Waals surface area contributed by atoms with Crippen molar-refractivity contribution in [3.05, 3.63) is 45.7 Å². The normalized spacial score (nSPS) is 11.8. The SMILES string of the molecule is Cc1ncc(CNS(=O)(=O)c2ccc(CN)cc2F)s1. The maximum Gasteiger partial charge on any atom is 0.243 e. The molecule has 0 unspecified atom stereocenters. The maximum absolute atomic E-state index is 13.8. The van der Waals surface area contributed by atoms with Gasteiger partial charge in [-0.05, 0) is 24.6 Å². The lowest BCUT2D eigenvalue weighted by atomic mass is 10.2. The van der Waals surface area contributed by atoms with E-state index >= 15 is 0 Å². The summed E-state index contributed by atoms with van der Waals surface area (Å²) in [5.74, 6) is -0.805. The minimum atomic E-state index is -3.89. The lowest BCUT2D eigenvalue weighted by Gasteiger charge is -2.07. The molecule has 2 aromatic rings. The fraction of sp³-hybridized carbons (Fsp3) is 0.250. The summed E-state index contributed by atoms with van der Waals surface area (Å²) in [6, 6.07) is 3.84. The van der Waals surface area contributed by atoms with E-state index in [2.05, 4.69) is 9.71 Å². The Kier molecular flexibility index (Phi) is 4.48. The Morgan fingerprint density at radius 2 is 2.20 bits per heavy atom. The highest BCUT2D eigenvalue weighted by molar-refractivity contribution is 7.89. The number of hydrogen-bond donors (Lipinski definition) is 2. The highest BCUT2D eigenvalue weighted by Gasteiger charge is 2.19. The predicted molar refractivity (Wildman–Crippen MR) is 75.2 cm³/mol. The number of nitrogens with zero attached hydrogens (tertiary/aromatic N) is 1. The monoisotopic (exact) mass is 315 g/mol. The summed E-state index contributed by atoms with van der Waals surface area (Å²) in [5, 5.41) is 0.845. The van der Waals surface area contributed by atoms with E-state index in [1.807, 2.05) is 6.92 Å². The maximum atomic E-state index is 13.8. The van der Waals surface area contributed by atoms with Gasteiger partial charge in [0.1, 0.15) is 10.7 Å². The molecular formula is C12H14FN3O2S2. The molecule has 0 aliphatic rings. The zero-order valence-electron chi connectivity index (χ0n) is 10.8. The van der Waals surface area contributed by atoms with Crippen molar-refractivity contribution in [3.63, 3.8) is 0 Å². The van der Waals surface area contributed by atoms with Crippen molar-refractivity contribution in [2.75, 3.05) is 0 Å². The summed E-state index contributed by atoms with van der Waals surface area (Å²) in [5.41, 5.74) is 5.92. The van der Waals surface area contributed by atoms with Crippen molar-refractivity contribution < 1.29 is 12.8 Å². The number of benzene rings is 1. The average molecular weight is 315 g/mol. The number of halogens is 1. The second-order valence-electron chi connectivity index (χ2n) is 4.14. The van der Waals surface area contributed by atoms with Crippen molar-refractivity contribution >= 4 is 21.4 Å². The Hall–Kier alpha value is -1.35. The zero-order chi connectivity index (χ0) is 14.8. The molecule has 5 nitrogen and oxygen atoms in total. The lowest BCUT2D eigenvalue weighted by molar-refractivity contribution is 0.556. The van der Waals surface area contributed by atoms with Gasteiger partial charge < -0.3 is 5.73 Å². The molecule has 0 saturated heterocycles. The fourth-order valence-electron chi connectivity index (χ4n) is 1.62. The van der Waals surface area contributed by atoms with Crippen LogP contribution in [0.5, 0.6) is 0 Å². The van der Waals surface area contributed by atoms with Crippen molar-refractivity contribution in [2.24, 2.45) is 5.73 Å². The summed E-state index contributed by atoms with van der Waals surface area (Å²) in [4.78, 5) is 4.42. The average Bonchev–Trinajstić information content (AvgIpc) is 2.82. The molecular weight excluding hydrogens is 301 g/mol. The van der Waals surface area contributed by atoms with Gasteiger partial charge in [0.15, 0.2) is 0 Å². The number of aromatic nitrogens is 1. The summed E-state index contributed by atoms with van der Waals surface area (Å²) in [6.07, 6.45) is 1.59. The van der Waals surface area contributed by atoms with E-state index in [1.165, 1.54) is 23.5 Å². The van der Waals surface area contributed by atoms with Crippen LogP contribution in [0.15, 0.2) is 29.3 Å². The van der Waals surface area contributed by atoms with Crippen LogP contribution < -0.4 is 10.5 Å². The van der Waals surface area contributed by atoms with Gasteiger partial charge in [0.25, 0.3) is 0 Å². The van der Waals surface area contributed by atoms with E-state index in [4.69, 9.17) is 5.73 Å². The molecule has 0 atom stereocenters. The number of thiazole rings is 1. The molecule has 0 spiro atoms. The van der Waals surface area contributed by atoms with Crippen LogP contribution >= 0.6 is 11.3 Å². The van der Waals surface area contributed by atoms with Crippen molar-refractivity contribution in [2.45, 2.75) is 24.9 Å².